The summed E-state index contributed by atoms with van der Waals surface area (Å²) in [5.41, 5.74) is 3.92. The summed E-state index contributed by atoms with van der Waals surface area (Å²) in [6, 6.07) is 12.0. The molecule has 5 heterocycles. The molecule has 1 N–H and O–H groups in total. The first kappa shape index (κ1) is 20.4. The number of hydrogen-bond acceptors (Lipinski definition) is 7. The number of aliphatic hydroxyl groups is 1. The molecule has 0 spiro atoms. The van der Waals surface area contributed by atoms with E-state index in [0.717, 1.165) is 41.8 Å². The fourth-order valence-electron chi connectivity index (χ4n) is 4.03. The van der Waals surface area contributed by atoms with Crippen LogP contribution in [-0.2, 0) is 12.8 Å². The smallest absolute Gasteiger partial charge is 0.213 e. The Morgan fingerprint density at radius 1 is 0.938 bits per heavy atom. The highest BCUT2D eigenvalue weighted by Gasteiger charge is 2.17. The molecule has 0 saturated carbocycles. The number of rotatable bonds is 8. The van der Waals surface area contributed by atoms with Gasteiger partial charge in [0.1, 0.15) is 23.9 Å². The number of imidazole rings is 1. The average molecular weight is 431 g/mol. The Bertz CT molecular complexity index is 1200. The van der Waals surface area contributed by atoms with Crippen molar-refractivity contribution in [2.45, 2.75) is 25.7 Å². The van der Waals surface area contributed by atoms with Crippen LogP contribution in [0, 0.1) is 0 Å². The van der Waals surface area contributed by atoms with Crippen molar-refractivity contribution in [1.82, 2.24) is 24.3 Å². The maximum Gasteiger partial charge on any atom is 0.213 e. The zero-order chi connectivity index (χ0) is 21.8. The predicted octanol–water partition coefficient (Wildman–Crippen LogP) is 2.67. The lowest BCUT2D eigenvalue weighted by molar-refractivity contribution is 0.196. The first-order valence-electron chi connectivity index (χ1n) is 11.0. The predicted molar refractivity (Wildman–Crippen MR) is 121 cm³/mol. The first-order chi connectivity index (χ1) is 15.8. The van der Waals surface area contributed by atoms with Gasteiger partial charge in [0.15, 0.2) is 0 Å². The SMILES string of the molecule is OCCOc1cccc(Cc2nc(Cc3ccn4ccnc4c3)cc(N3CCCC3)n2)n1. The summed E-state index contributed by atoms with van der Waals surface area (Å²) in [4.78, 5) is 21.0. The van der Waals surface area contributed by atoms with Crippen molar-refractivity contribution in [2.75, 3.05) is 31.2 Å². The zero-order valence-electron chi connectivity index (χ0n) is 17.9. The van der Waals surface area contributed by atoms with E-state index in [-0.39, 0.29) is 13.2 Å². The maximum atomic E-state index is 8.98. The van der Waals surface area contributed by atoms with Crippen molar-refractivity contribution in [1.29, 1.82) is 0 Å². The maximum absolute atomic E-state index is 8.98. The van der Waals surface area contributed by atoms with Gasteiger partial charge in [0.05, 0.1) is 24.4 Å². The summed E-state index contributed by atoms with van der Waals surface area (Å²) in [6.07, 6.45) is 9.39. The van der Waals surface area contributed by atoms with Crippen molar-refractivity contribution in [3.63, 3.8) is 0 Å². The number of aromatic nitrogens is 5. The molecule has 164 valence electrons. The minimum absolute atomic E-state index is 0.0409. The van der Waals surface area contributed by atoms with E-state index in [1.165, 1.54) is 18.4 Å². The summed E-state index contributed by atoms with van der Waals surface area (Å²) in [7, 11) is 0. The molecular formula is C24H26N6O2. The number of ether oxygens (including phenoxy) is 1. The van der Waals surface area contributed by atoms with E-state index in [9.17, 15) is 0 Å². The van der Waals surface area contributed by atoms with Crippen LogP contribution in [0.5, 0.6) is 5.88 Å². The molecule has 0 atom stereocenters. The largest absolute Gasteiger partial charge is 0.475 e. The summed E-state index contributed by atoms with van der Waals surface area (Å²) in [6.45, 7) is 2.24. The van der Waals surface area contributed by atoms with Crippen molar-refractivity contribution in [2.24, 2.45) is 0 Å². The van der Waals surface area contributed by atoms with E-state index >= 15 is 0 Å². The third-order valence-corrected chi connectivity index (χ3v) is 5.55. The van der Waals surface area contributed by atoms with Crippen LogP contribution in [0.25, 0.3) is 5.65 Å². The fraction of sp³-hybridized carbons (Fsp3) is 0.333. The van der Waals surface area contributed by atoms with E-state index in [1.807, 2.05) is 28.9 Å². The molecule has 1 saturated heterocycles. The highest BCUT2D eigenvalue weighted by Crippen LogP contribution is 2.21. The van der Waals surface area contributed by atoms with E-state index < -0.39 is 0 Å². The van der Waals surface area contributed by atoms with Crippen molar-refractivity contribution in [3.05, 3.63) is 77.8 Å². The quantitative estimate of drug-likeness (QED) is 0.460. The van der Waals surface area contributed by atoms with Crippen molar-refractivity contribution < 1.29 is 9.84 Å². The molecule has 0 bridgehead atoms. The van der Waals surface area contributed by atoms with Gasteiger partial charge in [0.2, 0.25) is 5.88 Å². The Hall–Kier alpha value is -3.52. The second-order valence-corrected chi connectivity index (χ2v) is 7.95. The van der Waals surface area contributed by atoms with Gasteiger partial charge in [0.25, 0.3) is 0 Å². The lowest BCUT2D eigenvalue weighted by Gasteiger charge is -2.18. The molecule has 8 heteroatoms. The Kier molecular flexibility index (Phi) is 5.93. The Labute approximate surface area is 186 Å². The molecule has 1 fully saturated rings. The van der Waals surface area contributed by atoms with Crippen molar-refractivity contribution in [3.8, 4) is 5.88 Å². The third kappa shape index (κ3) is 4.70. The van der Waals surface area contributed by atoms with Crippen LogP contribution in [0.4, 0.5) is 5.82 Å². The van der Waals surface area contributed by atoms with E-state index in [2.05, 4.69) is 33.1 Å². The lowest BCUT2D eigenvalue weighted by Crippen LogP contribution is -2.20. The van der Waals surface area contributed by atoms with Crippen LogP contribution >= 0.6 is 0 Å². The Morgan fingerprint density at radius 3 is 2.72 bits per heavy atom. The van der Waals surface area contributed by atoms with Crippen LogP contribution in [-0.4, -0.2) is 55.7 Å². The molecule has 4 aromatic rings. The summed E-state index contributed by atoms with van der Waals surface area (Å²) < 4.78 is 7.45. The number of fused-ring (bicyclic) bond motifs is 1. The normalized spacial score (nSPS) is 13.7. The molecule has 0 amide bonds. The standard InChI is InChI=1S/C24H26N6O2/c31-12-13-32-24-5-3-4-19(27-24)16-21-26-20(17-23(28-21)29-8-1-2-9-29)14-18-6-10-30-11-7-25-22(30)15-18/h3-7,10-11,15,17,31H,1-2,8-9,12-14,16H2. The average Bonchev–Trinajstić information content (AvgIpc) is 3.50. The molecule has 32 heavy (non-hydrogen) atoms. The monoisotopic (exact) mass is 430 g/mol. The summed E-state index contributed by atoms with van der Waals surface area (Å²) >= 11 is 0. The van der Waals surface area contributed by atoms with E-state index in [4.69, 9.17) is 19.8 Å². The van der Waals surface area contributed by atoms with Gasteiger partial charge < -0.3 is 19.1 Å². The van der Waals surface area contributed by atoms with Gasteiger partial charge in [-0.3, -0.25) is 0 Å². The van der Waals surface area contributed by atoms with Gasteiger partial charge in [-0.2, -0.15) is 0 Å². The van der Waals surface area contributed by atoms with Crippen LogP contribution < -0.4 is 9.64 Å². The molecule has 4 aromatic heterocycles. The number of aliphatic hydroxyl groups excluding tert-OH is 1. The van der Waals surface area contributed by atoms with Crippen LogP contribution in [0.2, 0.25) is 0 Å². The Balaban J connectivity index is 1.43. The fourth-order valence-corrected chi connectivity index (χ4v) is 4.03. The number of hydrogen-bond donors (Lipinski definition) is 1. The van der Waals surface area contributed by atoms with Crippen molar-refractivity contribution >= 4 is 11.5 Å². The molecule has 0 radical (unpaired) electrons. The summed E-state index contributed by atoms with van der Waals surface area (Å²) in [5.74, 6) is 2.23. The van der Waals surface area contributed by atoms with Crippen LogP contribution in [0.3, 0.4) is 0 Å². The first-order valence-corrected chi connectivity index (χ1v) is 11.0. The molecule has 0 unspecified atom stereocenters. The molecule has 5 rings (SSSR count). The van der Waals surface area contributed by atoms with Crippen LogP contribution in [0.15, 0.2) is 55.0 Å². The third-order valence-electron chi connectivity index (χ3n) is 5.55. The van der Waals surface area contributed by atoms with Gasteiger partial charge in [0, 0.05) is 50.2 Å². The second-order valence-electron chi connectivity index (χ2n) is 7.95. The van der Waals surface area contributed by atoms with Gasteiger partial charge in [-0.25, -0.2) is 19.9 Å². The zero-order valence-corrected chi connectivity index (χ0v) is 17.9. The number of nitrogens with zero attached hydrogens (tertiary/aromatic N) is 6. The molecule has 1 aliphatic heterocycles. The second kappa shape index (κ2) is 9.32. The van der Waals surface area contributed by atoms with E-state index in [1.54, 1.807) is 12.3 Å². The highest BCUT2D eigenvalue weighted by molar-refractivity contribution is 5.45. The van der Waals surface area contributed by atoms with Gasteiger partial charge in [-0.05, 0) is 36.6 Å². The van der Waals surface area contributed by atoms with Gasteiger partial charge in [-0.1, -0.05) is 6.07 Å². The molecule has 8 nitrogen and oxygen atoms in total. The lowest BCUT2D eigenvalue weighted by atomic mass is 10.1. The van der Waals surface area contributed by atoms with Gasteiger partial charge in [-0.15, -0.1) is 0 Å². The van der Waals surface area contributed by atoms with Crippen LogP contribution in [0.1, 0.15) is 35.6 Å². The minimum atomic E-state index is -0.0409. The number of pyridine rings is 2. The molecule has 0 aromatic carbocycles. The molecule has 0 aliphatic carbocycles. The summed E-state index contributed by atoms with van der Waals surface area (Å²) in [5, 5.41) is 8.98. The van der Waals surface area contributed by atoms with E-state index in [0.29, 0.717) is 18.7 Å². The molecule has 1 aliphatic rings. The topological polar surface area (TPSA) is 88.7 Å². The molecular weight excluding hydrogens is 404 g/mol. The van der Waals surface area contributed by atoms with Gasteiger partial charge >= 0.3 is 0 Å². The minimum Gasteiger partial charge on any atom is -0.475 e. The highest BCUT2D eigenvalue weighted by atomic mass is 16.5. The Morgan fingerprint density at radius 2 is 1.84 bits per heavy atom. The number of anilines is 1.